The van der Waals surface area contributed by atoms with Gasteiger partial charge in [-0.3, -0.25) is 9.59 Å². The van der Waals surface area contributed by atoms with Gasteiger partial charge in [0, 0.05) is 45.3 Å². The summed E-state index contributed by atoms with van der Waals surface area (Å²) in [5.74, 6) is 1.38. The number of rotatable bonds is 6. The van der Waals surface area contributed by atoms with Crippen molar-refractivity contribution in [1.82, 2.24) is 0 Å². The van der Waals surface area contributed by atoms with E-state index < -0.39 is 0 Å². The van der Waals surface area contributed by atoms with E-state index in [1.165, 1.54) is 22.7 Å². The van der Waals surface area contributed by atoms with Crippen molar-refractivity contribution < 1.29 is 19.1 Å². The highest BCUT2D eigenvalue weighted by Gasteiger charge is 2.30. The molecule has 2 amide bonds. The minimum atomic E-state index is -0.0984. The molecule has 2 aliphatic rings. The van der Waals surface area contributed by atoms with Gasteiger partial charge in [0.1, 0.15) is 21.3 Å². The Morgan fingerprint density at radius 2 is 1.28 bits per heavy atom. The summed E-state index contributed by atoms with van der Waals surface area (Å²) in [5.41, 5.74) is 5.39. The largest absolute Gasteiger partial charge is 0.495 e. The number of halogens is 1. The predicted octanol–water partition coefficient (Wildman–Crippen LogP) is 8.12. The van der Waals surface area contributed by atoms with Gasteiger partial charge in [0.05, 0.1) is 29.9 Å². The van der Waals surface area contributed by atoms with Crippen molar-refractivity contribution in [3.63, 3.8) is 0 Å². The molecule has 46 heavy (non-hydrogen) atoms. The Morgan fingerprint density at radius 3 is 1.98 bits per heavy atom. The van der Waals surface area contributed by atoms with Crippen molar-refractivity contribution in [1.29, 1.82) is 0 Å². The molecule has 0 atom stereocenters. The molecule has 2 aromatic heterocycles. The molecule has 0 saturated carbocycles. The molecule has 8 nitrogen and oxygen atoms in total. The third-order valence-electron chi connectivity index (χ3n) is 8.37. The Kier molecular flexibility index (Phi) is 8.10. The summed E-state index contributed by atoms with van der Waals surface area (Å²) in [6.45, 7) is 2.57. The van der Waals surface area contributed by atoms with Crippen molar-refractivity contribution in [2.24, 2.45) is 0 Å². The summed E-state index contributed by atoms with van der Waals surface area (Å²) in [5, 5.41) is 4.22. The minimum Gasteiger partial charge on any atom is -0.495 e. The number of fused-ring (bicyclic) bond motifs is 2. The molecule has 7 rings (SSSR count). The molecule has 2 aliphatic heterocycles. The topological polar surface area (TPSA) is 65.6 Å². The molecule has 0 unspecified atom stereocenters. The lowest BCUT2D eigenvalue weighted by molar-refractivity contribution is 0.0980. The maximum Gasteiger partial charge on any atom is 0.272 e. The third kappa shape index (κ3) is 5.46. The number of para-hydroxylation sites is 2. The van der Waals surface area contributed by atoms with Gasteiger partial charge in [-0.2, -0.15) is 0 Å². The summed E-state index contributed by atoms with van der Waals surface area (Å²) in [7, 11) is 5.64. The molecule has 4 heterocycles. The maximum absolute atomic E-state index is 13.8. The van der Waals surface area contributed by atoms with Gasteiger partial charge in [0.15, 0.2) is 5.75 Å². The van der Waals surface area contributed by atoms with Crippen LogP contribution in [0.25, 0.3) is 11.1 Å². The first-order valence-electron chi connectivity index (χ1n) is 14.8. The number of anilines is 4. The Morgan fingerprint density at radius 1 is 0.674 bits per heavy atom. The fraction of sp³-hybridized carbons (Fsp3) is 0.200. The van der Waals surface area contributed by atoms with Crippen LogP contribution in [-0.4, -0.2) is 59.2 Å². The van der Waals surface area contributed by atoms with E-state index >= 15 is 0 Å². The summed E-state index contributed by atoms with van der Waals surface area (Å²) in [4.78, 5) is 36.6. The van der Waals surface area contributed by atoms with Crippen LogP contribution in [0.4, 0.5) is 22.7 Å². The molecule has 234 valence electrons. The molecule has 11 heteroatoms. The highest BCUT2D eigenvalue weighted by Crippen LogP contribution is 2.41. The van der Waals surface area contributed by atoms with Crippen LogP contribution in [0, 0.1) is 0 Å². The average molecular weight is 671 g/mol. The fourth-order valence-corrected chi connectivity index (χ4v) is 7.77. The van der Waals surface area contributed by atoms with E-state index in [9.17, 15) is 9.59 Å². The van der Waals surface area contributed by atoms with Crippen LogP contribution in [0.1, 0.15) is 19.3 Å². The summed E-state index contributed by atoms with van der Waals surface area (Å²) in [6, 6.07) is 23.2. The van der Waals surface area contributed by atoms with Gasteiger partial charge in [-0.15, -0.1) is 22.7 Å². The second kappa shape index (κ2) is 12.4. The SMILES string of the molecule is COc1ccsc1C(=O)N1CCN(C)c2ccc(-c3cc(Cl)cc(Oc4ccsc4C(=O)N4CCN(C)c5ccccc54)c3)cc21. The first-order chi connectivity index (χ1) is 22.3. The van der Waals surface area contributed by atoms with Crippen LogP contribution in [0.5, 0.6) is 17.2 Å². The number of carbonyl (C=O) groups excluding carboxylic acids is 2. The van der Waals surface area contributed by atoms with Crippen molar-refractivity contribution >= 4 is 68.8 Å². The van der Waals surface area contributed by atoms with Gasteiger partial charge in [0.2, 0.25) is 0 Å². The molecule has 0 saturated heterocycles. The molecule has 0 fully saturated rings. The van der Waals surface area contributed by atoms with Crippen molar-refractivity contribution in [2.75, 3.05) is 67.0 Å². The van der Waals surface area contributed by atoms with Crippen molar-refractivity contribution in [3.8, 4) is 28.4 Å². The van der Waals surface area contributed by atoms with Crippen molar-refractivity contribution in [2.45, 2.75) is 0 Å². The molecule has 0 aliphatic carbocycles. The van der Waals surface area contributed by atoms with Gasteiger partial charge in [0.25, 0.3) is 11.8 Å². The fourth-order valence-electron chi connectivity index (χ4n) is 5.97. The summed E-state index contributed by atoms with van der Waals surface area (Å²) >= 11 is 9.37. The van der Waals surface area contributed by atoms with Crippen LogP contribution in [0.15, 0.2) is 83.6 Å². The second-order valence-electron chi connectivity index (χ2n) is 11.2. The van der Waals surface area contributed by atoms with Crippen LogP contribution >= 0.6 is 34.3 Å². The number of hydrogen-bond acceptors (Lipinski definition) is 8. The number of hydrogen-bond donors (Lipinski definition) is 0. The van der Waals surface area contributed by atoms with Gasteiger partial charge in [-0.05, 0) is 76.5 Å². The minimum absolute atomic E-state index is 0.0916. The van der Waals surface area contributed by atoms with Gasteiger partial charge >= 0.3 is 0 Å². The molecular formula is C35H31ClN4O4S2. The molecule has 0 N–H and O–H groups in total. The Bertz CT molecular complexity index is 1960. The van der Waals surface area contributed by atoms with Crippen LogP contribution < -0.4 is 29.1 Å². The Balaban J connectivity index is 1.19. The molecule has 0 radical (unpaired) electrons. The number of nitrogens with zero attached hydrogens (tertiary/aromatic N) is 4. The molecule has 0 bridgehead atoms. The zero-order chi connectivity index (χ0) is 31.9. The number of benzene rings is 3. The second-order valence-corrected chi connectivity index (χ2v) is 13.4. The van der Waals surface area contributed by atoms with Crippen molar-refractivity contribution in [3.05, 3.63) is 98.3 Å². The van der Waals surface area contributed by atoms with E-state index in [0.29, 0.717) is 51.7 Å². The number of methoxy groups -OCH3 is 1. The molecule has 0 spiro atoms. The Labute approximate surface area is 280 Å². The molecule has 5 aromatic rings. The number of amides is 2. The standard InChI is InChI=1S/C35H31ClN4O4S2/c1-37-12-14-39(28-7-5-4-6-26(28)37)35(42)33-31(11-17-46-33)44-25-19-23(18-24(36)21-25)22-8-9-27-29(20-22)40(15-13-38(27)2)34(41)32-30(43-3)10-16-45-32/h4-11,16-21H,12-15H2,1-3H3. The zero-order valence-electron chi connectivity index (χ0n) is 25.5. The predicted molar refractivity (Wildman–Crippen MR) is 188 cm³/mol. The average Bonchev–Trinajstić information content (AvgIpc) is 3.74. The van der Waals surface area contributed by atoms with Crippen LogP contribution in [0.3, 0.4) is 0 Å². The van der Waals surface area contributed by atoms with Gasteiger partial charge in [-0.1, -0.05) is 29.8 Å². The Hall–Kier alpha value is -4.51. The van der Waals surface area contributed by atoms with Gasteiger partial charge in [-0.25, -0.2) is 0 Å². The number of carbonyl (C=O) groups is 2. The smallest absolute Gasteiger partial charge is 0.272 e. The lowest BCUT2D eigenvalue weighted by Crippen LogP contribution is -2.42. The van der Waals surface area contributed by atoms with E-state index in [1.54, 1.807) is 13.2 Å². The lowest BCUT2D eigenvalue weighted by atomic mass is 10.0. The number of likely N-dealkylation sites (N-methyl/N-ethyl adjacent to an activating group) is 2. The highest BCUT2D eigenvalue weighted by atomic mass is 35.5. The van der Waals surface area contributed by atoms with E-state index in [1.807, 2.05) is 101 Å². The number of ether oxygens (including phenoxy) is 2. The third-order valence-corrected chi connectivity index (χ3v) is 10.4. The van der Waals surface area contributed by atoms with E-state index in [2.05, 4.69) is 9.80 Å². The first-order valence-corrected chi connectivity index (χ1v) is 16.9. The highest BCUT2D eigenvalue weighted by molar-refractivity contribution is 7.13. The lowest BCUT2D eigenvalue weighted by Gasteiger charge is -2.36. The molecule has 3 aromatic carbocycles. The van der Waals surface area contributed by atoms with Gasteiger partial charge < -0.3 is 29.1 Å². The van der Waals surface area contributed by atoms with E-state index in [0.717, 1.165) is 40.4 Å². The maximum atomic E-state index is 13.8. The summed E-state index contributed by atoms with van der Waals surface area (Å²) in [6.07, 6.45) is 0. The van der Waals surface area contributed by atoms with E-state index in [-0.39, 0.29) is 11.8 Å². The quantitative estimate of drug-likeness (QED) is 0.182. The number of thiophene rings is 2. The molecular weight excluding hydrogens is 640 g/mol. The van der Waals surface area contributed by atoms with E-state index in [4.69, 9.17) is 21.1 Å². The van der Waals surface area contributed by atoms with Crippen LogP contribution in [0.2, 0.25) is 5.02 Å². The van der Waals surface area contributed by atoms with Crippen LogP contribution in [-0.2, 0) is 0 Å². The first kappa shape index (κ1) is 30.2. The summed E-state index contributed by atoms with van der Waals surface area (Å²) < 4.78 is 11.8. The normalized spacial score (nSPS) is 14.2. The zero-order valence-corrected chi connectivity index (χ0v) is 27.9. The monoisotopic (exact) mass is 670 g/mol.